The maximum absolute atomic E-state index is 10.7. The number of aromatic nitrogens is 3. The molecule has 0 saturated heterocycles. The molecule has 2 N–H and O–H groups in total. The number of hydrogen-bond acceptors (Lipinski definition) is 4. The molecule has 0 unspecified atom stereocenters. The molecule has 6 heteroatoms. The lowest BCUT2D eigenvalue weighted by Gasteiger charge is -1.99. The minimum Gasteiger partial charge on any atom is -0.450 e. The number of hydrogen-bond donors (Lipinski definition) is 2. The summed E-state index contributed by atoms with van der Waals surface area (Å²) in [6.45, 7) is 2.06. The third-order valence-electron chi connectivity index (χ3n) is 0.921. The van der Waals surface area contributed by atoms with Gasteiger partial charge in [-0.2, -0.15) is 10.3 Å². The number of H-pyrrole nitrogens is 1. The van der Waals surface area contributed by atoms with E-state index in [-0.39, 0.29) is 0 Å². The smallest absolute Gasteiger partial charge is 0.412 e. The van der Waals surface area contributed by atoms with Crippen molar-refractivity contribution in [3.05, 3.63) is 6.20 Å². The number of nitrogens with one attached hydrogen (secondary N) is 2. The van der Waals surface area contributed by atoms with Crippen molar-refractivity contribution in [3.63, 3.8) is 0 Å². The quantitative estimate of drug-likeness (QED) is 0.648. The Balaban J connectivity index is 2.37. The second-order valence-electron chi connectivity index (χ2n) is 1.70. The maximum atomic E-state index is 10.7. The minimum absolute atomic E-state index is 0.337. The summed E-state index contributed by atoms with van der Waals surface area (Å²) < 4.78 is 4.58. The molecule has 0 aromatic carbocycles. The molecule has 1 heterocycles. The van der Waals surface area contributed by atoms with Crippen LogP contribution in [-0.2, 0) is 4.74 Å². The second kappa shape index (κ2) is 3.55. The summed E-state index contributed by atoms with van der Waals surface area (Å²) in [6.07, 6.45) is 0.859. The monoisotopic (exact) mass is 156 g/mol. The van der Waals surface area contributed by atoms with Gasteiger partial charge in [-0.15, -0.1) is 5.10 Å². The van der Waals surface area contributed by atoms with Crippen LogP contribution in [0.2, 0.25) is 0 Å². The first-order valence-electron chi connectivity index (χ1n) is 3.12. The average molecular weight is 156 g/mol. The number of aromatic amines is 1. The molecule has 1 aromatic heterocycles. The van der Waals surface area contributed by atoms with Crippen molar-refractivity contribution >= 4 is 11.9 Å². The van der Waals surface area contributed by atoms with Crippen LogP contribution in [-0.4, -0.2) is 28.1 Å². The molecule has 6 nitrogen and oxygen atoms in total. The van der Waals surface area contributed by atoms with Gasteiger partial charge >= 0.3 is 6.09 Å². The molecule has 0 aliphatic rings. The lowest BCUT2D eigenvalue weighted by atomic mass is 10.7. The van der Waals surface area contributed by atoms with Crippen LogP contribution in [0.15, 0.2) is 6.20 Å². The van der Waals surface area contributed by atoms with Gasteiger partial charge in [0.2, 0.25) is 0 Å². The maximum Gasteiger partial charge on any atom is 0.412 e. The van der Waals surface area contributed by atoms with E-state index in [2.05, 4.69) is 25.5 Å². The second-order valence-corrected chi connectivity index (χ2v) is 1.70. The normalized spacial score (nSPS) is 9.18. The highest BCUT2D eigenvalue weighted by atomic mass is 16.5. The Bertz CT molecular complexity index is 220. The average Bonchev–Trinajstić information content (AvgIpc) is 2.40. The van der Waals surface area contributed by atoms with Crippen LogP contribution in [0.1, 0.15) is 6.92 Å². The van der Waals surface area contributed by atoms with Gasteiger partial charge in [-0.25, -0.2) is 4.79 Å². The van der Waals surface area contributed by atoms with Crippen molar-refractivity contribution in [1.29, 1.82) is 0 Å². The number of carbonyl (C=O) groups excluding carboxylic acids is 1. The molecule has 0 radical (unpaired) electrons. The van der Waals surface area contributed by atoms with Crippen LogP contribution in [0.25, 0.3) is 0 Å². The summed E-state index contributed by atoms with van der Waals surface area (Å²) >= 11 is 0. The highest BCUT2D eigenvalue weighted by Crippen LogP contribution is 1.95. The summed E-state index contributed by atoms with van der Waals surface area (Å²) in [4.78, 5) is 10.7. The van der Waals surface area contributed by atoms with Gasteiger partial charge in [0, 0.05) is 0 Å². The zero-order valence-electron chi connectivity index (χ0n) is 6.00. The van der Waals surface area contributed by atoms with Crippen molar-refractivity contribution in [2.45, 2.75) is 6.92 Å². The van der Waals surface area contributed by atoms with Crippen LogP contribution < -0.4 is 5.32 Å². The Hall–Kier alpha value is -1.59. The van der Waals surface area contributed by atoms with Crippen LogP contribution in [0.5, 0.6) is 0 Å². The summed E-state index contributed by atoms with van der Waals surface area (Å²) in [7, 11) is 0. The number of nitrogens with zero attached hydrogens (tertiary/aromatic N) is 2. The molecule has 0 atom stereocenters. The van der Waals surface area contributed by atoms with Gasteiger partial charge < -0.3 is 4.74 Å². The fourth-order valence-electron chi connectivity index (χ4n) is 0.534. The first-order valence-corrected chi connectivity index (χ1v) is 3.12. The fraction of sp³-hybridized carbons (Fsp3) is 0.400. The third kappa shape index (κ3) is 2.24. The summed E-state index contributed by atoms with van der Waals surface area (Å²) in [6, 6.07) is 0. The molecule has 1 rings (SSSR count). The SMILES string of the molecule is CCOC(=O)Nc1cn[nH]n1. The summed E-state index contributed by atoms with van der Waals surface area (Å²) in [5.74, 6) is 0.350. The van der Waals surface area contributed by atoms with Gasteiger partial charge in [-0.3, -0.25) is 5.32 Å². The predicted octanol–water partition coefficient (Wildman–Crippen LogP) is 0.373. The van der Waals surface area contributed by atoms with Crippen LogP contribution in [0.4, 0.5) is 10.6 Å². The van der Waals surface area contributed by atoms with Crippen molar-refractivity contribution < 1.29 is 9.53 Å². The molecule has 0 aliphatic carbocycles. The molecular weight excluding hydrogens is 148 g/mol. The minimum atomic E-state index is -0.526. The molecule has 0 fully saturated rings. The predicted molar refractivity (Wildman–Crippen MR) is 37.0 cm³/mol. The highest BCUT2D eigenvalue weighted by Gasteiger charge is 2.01. The van der Waals surface area contributed by atoms with E-state index in [1.54, 1.807) is 6.92 Å². The topological polar surface area (TPSA) is 79.9 Å². The van der Waals surface area contributed by atoms with E-state index in [9.17, 15) is 4.79 Å². The van der Waals surface area contributed by atoms with E-state index in [1.165, 1.54) is 6.20 Å². The van der Waals surface area contributed by atoms with E-state index in [0.717, 1.165) is 0 Å². The molecule has 0 aliphatic heterocycles. The van der Waals surface area contributed by atoms with Crippen LogP contribution in [0.3, 0.4) is 0 Å². The summed E-state index contributed by atoms with van der Waals surface area (Å²) in [5, 5.41) is 11.8. The van der Waals surface area contributed by atoms with Crippen LogP contribution >= 0.6 is 0 Å². The molecule has 0 spiro atoms. The molecular formula is C5H8N4O2. The Morgan fingerprint density at radius 3 is 3.27 bits per heavy atom. The van der Waals surface area contributed by atoms with E-state index in [0.29, 0.717) is 12.4 Å². The molecule has 11 heavy (non-hydrogen) atoms. The van der Waals surface area contributed by atoms with Gasteiger partial charge in [-0.1, -0.05) is 0 Å². The highest BCUT2D eigenvalue weighted by molar-refractivity contribution is 5.82. The molecule has 0 bridgehead atoms. The van der Waals surface area contributed by atoms with Gasteiger partial charge in [0.1, 0.15) is 0 Å². The van der Waals surface area contributed by atoms with Gasteiger partial charge in [0.25, 0.3) is 0 Å². The Morgan fingerprint density at radius 1 is 1.91 bits per heavy atom. The zero-order chi connectivity index (χ0) is 8.10. The summed E-state index contributed by atoms with van der Waals surface area (Å²) in [5.41, 5.74) is 0. The molecule has 60 valence electrons. The van der Waals surface area contributed by atoms with Crippen molar-refractivity contribution in [2.75, 3.05) is 11.9 Å². The molecule has 1 amide bonds. The fourth-order valence-corrected chi connectivity index (χ4v) is 0.534. The number of anilines is 1. The van der Waals surface area contributed by atoms with E-state index < -0.39 is 6.09 Å². The number of ether oxygens (including phenoxy) is 1. The van der Waals surface area contributed by atoms with Crippen molar-refractivity contribution in [3.8, 4) is 0 Å². The molecule has 1 aromatic rings. The van der Waals surface area contributed by atoms with Gasteiger partial charge in [0.05, 0.1) is 12.8 Å². The molecule has 0 saturated carbocycles. The van der Waals surface area contributed by atoms with Gasteiger partial charge in [0.15, 0.2) is 5.82 Å². The number of rotatable bonds is 2. The first kappa shape index (κ1) is 7.52. The number of carbonyl (C=O) groups is 1. The lowest BCUT2D eigenvalue weighted by molar-refractivity contribution is 0.168. The lowest BCUT2D eigenvalue weighted by Crippen LogP contribution is -2.13. The number of amides is 1. The Kier molecular flexibility index (Phi) is 2.42. The van der Waals surface area contributed by atoms with Crippen molar-refractivity contribution in [2.24, 2.45) is 0 Å². The largest absolute Gasteiger partial charge is 0.450 e. The van der Waals surface area contributed by atoms with Gasteiger partial charge in [-0.05, 0) is 6.92 Å². The van der Waals surface area contributed by atoms with Crippen LogP contribution in [0, 0.1) is 0 Å². The Labute approximate surface area is 62.9 Å². The van der Waals surface area contributed by atoms with E-state index >= 15 is 0 Å². The van der Waals surface area contributed by atoms with E-state index in [4.69, 9.17) is 0 Å². The first-order chi connectivity index (χ1) is 5.33. The van der Waals surface area contributed by atoms with E-state index in [1.807, 2.05) is 0 Å². The standard InChI is InChI=1S/C5H8N4O2/c1-2-11-5(10)7-4-3-6-9-8-4/h3H,2H2,1H3,(H2,6,7,8,9,10). The third-order valence-corrected chi connectivity index (χ3v) is 0.921. The Morgan fingerprint density at radius 2 is 2.73 bits per heavy atom. The zero-order valence-corrected chi connectivity index (χ0v) is 6.00. The van der Waals surface area contributed by atoms with Crippen molar-refractivity contribution in [1.82, 2.24) is 15.4 Å².